The molecule has 22 heavy (non-hydrogen) atoms. The highest BCUT2D eigenvalue weighted by molar-refractivity contribution is 6.31. The molecule has 1 aromatic carbocycles. The predicted molar refractivity (Wildman–Crippen MR) is 81.1 cm³/mol. The number of hydrogen-bond acceptors (Lipinski definition) is 2. The topological polar surface area (TPSA) is 30.2 Å². The summed E-state index contributed by atoms with van der Waals surface area (Å²) in [5, 5.41) is 4.85. The summed E-state index contributed by atoms with van der Waals surface area (Å²) < 4.78 is 27.3. The number of terminal acetylenes is 1. The van der Waals surface area contributed by atoms with Crippen LogP contribution in [0, 0.1) is 19.3 Å². The molecule has 0 spiro atoms. The molecule has 0 aliphatic heterocycles. The van der Waals surface area contributed by atoms with Crippen molar-refractivity contribution in [2.75, 3.05) is 0 Å². The number of halogens is 3. The Balaban J connectivity index is 2.32. The Kier molecular flexibility index (Phi) is 3.55. The van der Waals surface area contributed by atoms with Crippen molar-refractivity contribution in [3.8, 4) is 23.6 Å². The summed E-state index contributed by atoms with van der Waals surface area (Å²) in [6.45, 7) is 1.85. The van der Waals surface area contributed by atoms with E-state index in [2.05, 4.69) is 16.0 Å². The van der Waals surface area contributed by atoms with Gasteiger partial charge in [0, 0.05) is 16.8 Å². The Morgan fingerprint density at radius 1 is 1.32 bits per heavy atom. The number of fused-ring (bicyclic) bond motifs is 1. The van der Waals surface area contributed by atoms with E-state index in [1.807, 2.05) is 13.0 Å². The number of nitrogens with zero attached hydrogens (tertiary/aromatic N) is 3. The average Bonchev–Trinajstić information content (AvgIpc) is 2.88. The van der Waals surface area contributed by atoms with Crippen LogP contribution in [0.3, 0.4) is 0 Å². The Morgan fingerprint density at radius 2 is 2.09 bits per heavy atom. The summed E-state index contributed by atoms with van der Waals surface area (Å²) in [5.74, 6) is 2.49. The van der Waals surface area contributed by atoms with Gasteiger partial charge in [-0.3, -0.25) is 0 Å². The van der Waals surface area contributed by atoms with Crippen LogP contribution in [-0.4, -0.2) is 14.6 Å². The van der Waals surface area contributed by atoms with Crippen LogP contribution in [0.1, 0.15) is 23.2 Å². The van der Waals surface area contributed by atoms with E-state index in [0.717, 1.165) is 10.1 Å². The summed E-state index contributed by atoms with van der Waals surface area (Å²) in [6.07, 6.45) is 4.17. The van der Waals surface area contributed by atoms with Crippen molar-refractivity contribution in [2.24, 2.45) is 0 Å². The molecule has 2 aromatic heterocycles. The zero-order valence-electron chi connectivity index (χ0n) is 11.5. The number of hydrogen-bond donors (Lipinski definition) is 0. The zero-order chi connectivity index (χ0) is 15.9. The van der Waals surface area contributed by atoms with Crippen LogP contribution in [0.15, 0.2) is 30.5 Å². The van der Waals surface area contributed by atoms with Gasteiger partial charge in [0.25, 0.3) is 6.43 Å². The fourth-order valence-corrected chi connectivity index (χ4v) is 2.37. The van der Waals surface area contributed by atoms with Gasteiger partial charge >= 0.3 is 0 Å². The second-order valence-electron chi connectivity index (χ2n) is 4.74. The van der Waals surface area contributed by atoms with Gasteiger partial charge in [-0.05, 0) is 30.7 Å². The van der Waals surface area contributed by atoms with Crippen molar-refractivity contribution < 1.29 is 8.78 Å². The third kappa shape index (κ3) is 2.22. The maximum Gasteiger partial charge on any atom is 0.280 e. The smallest absolute Gasteiger partial charge is 0.236 e. The van der Waals surface area contributed by atoms with E-state index < -0.39 is 6.43 Å². The average molecular weight is 318 g/mol. The van der Waals surface area contributed by atoms with E-state index >= 15 is 0 Å². The van der Waals surface area contributed by atoms with Crippen molar-refractivity contribution >= 4 is 17.2 Å². The van der Waals surface area contributed by atoms with E-state index in [4.69, 9.17) is 18.0 Å². The van der Waals surface area contributed by atoms with Gasteiger partial charge < -0.3 is 0 Å². The van der Waals surface area contributed by atoms with Crippen LogP contribution in [0.5, 0.6) is 0 Å². The number of aryl methyl sites for hydroxylation is 1. The second-order valence-corrected chi connectivity index (χ2v) is 5.14. The molecule has 0 amide bonds. The Morgan fingerprint density at radius 3 is 2.73 bits per heavy atom. The molecule has 3 nitrogen and oxygen atoms in total. The van der Waals surface area contributed by atoms with Gasteiger partial charge in [-0.2, -0.15) is 5.10 Å². The minimum atomic E-state index is -2.67. The molecule has 0 aliphatic rings. The number of benzene rings is 1. The Bertz CT molecular complexity index is 910. The minimum Gasteiger partial charge on any atom is -0.236 e. The molecule has 0 bridgehead atoms. The lowest BCUT2D eigenvalue weighted by atomic mass is 10.1. The molecule has 0 radical (unpaired) electrons. The van der Waals surface area contributed by atoms with Crippen LogP contribution < -0.4 is 0 Å². The molecule has 2 heterocycles. The first-order valence-corrected chi connectivity index (χ1v) is 6.79. The summed E-state index contributed by atoms with van der Waals surface area (Å²) in [6, 6.07) is 6.51. The third-order valence-corrected chi connectivity index (χ3v) is 3.77. The summed E-state index contributed by atoms with van der Waals surface area (Å²) in [7, 11) is 0. The number of rotatable bonds is 2. The third-order valence-electron chi connectivity index (χ3n) is 3.35. The highest BCUT2D eigenvalue weighted by atomic mass is 35.5. The first-order chi connectivity index (χ1) is 10.5. The standard InChI is InChI=1S/C16H10ClF2N3/c1-3-11-14(10-4-5-12(17)9(2)8-10)21-22-13(15(18)19)6-7-20-16(11)22/h1,4-8,15H,2H3. The first-order valence-electron chi connectivity index (χ1n) is 6.42. The van der Waals surface area contributed by atoms with Gasteiger partial charge in [-0.25, -0.2) is 18.3 Å². The fraction of sp³-hybridized carbons (Fsp3) is 0.125. The monoisotopic (exact) mass is 317 g/mol. The normalized spacial score (nSPS) is 11.1. The van der Waals surface area contributed by atoms with Crippen LogP contribution in [0.2, 0.25) is 5.02 Å². The van der Waals surface area contributed by atoms with Crippen LogP contribution in [-0.2, 0) is 0 Å². The fourth-order valence-electron chi connectivity index (χ4n) is 2.26. The van der Waals surface area contributed by atoms with Crippen molar-refractivity contribution in [2.45, 2.75) is 13.3 Å². The molecular formula is C16H10ClF2N3. The van der Waals surface area contributed by atoms with E-state index in [1.54, 1.807) is 12.1 Å². The summed E-state index contributed by atoms with van der Waals surface area (Å²) >= 11 is 6.01. The minimum absolute atomic E-state index is 0.239. The Hall–Kier alpha value is -2.45. The first kappa shape index (κ1) is 14.5. The highest BCUT2D eigenvalue weighted by Crippen LogP contribution is 2.29. The van der Waals surface area contributed by atoms with Gasteiger partial charge in [0.2, 0.25) is 0 Å². The second kappa shape index (κ2) is 5.39. The van der Waals surface area contributed by atoms with Crippen molar-refractivity contribution in [1.82, 2.24) is 14.6 Å². The number of alkyl halides is 2. The molecule has 0 N–H and O–H groups in total. The molecule has 0 unspecified atom stereocenters. The molecule has 110 valence electrons. The highest BCUT2D eigenvalue weighted by Gasteiger charge is 2.19. The van der Waals surface area contributed by atoms with Crippen molar-refractivity contribution in [3.63, 3.8) is 0 Å². The molecule has 0 fully saturated rings. The van der Waals surface area contributed by atoms with Crippen LogP contribution >= 0.6 is 11.6 Å². The lowest BCUT2D eigenvalue weighted by molar-refractivity contribution is 0.143. The van der Waals surface area contributed by atoms with E-state index in [0.29, 0.717) is 21.8 Å². The zero-order valence-corrected chi connectivity index (χ0v) is 12.3. The van der Waals surface area contributed by atoms with E-state index in [1.165, 1.54) is 12.3 Å². The largest absolute Gasteiger partial charge is 0.280 e. The van der Waals surface area contributed by atoms with Gasteiger partial charge in [0.15, 0.2) is 5.65 Å². The van der Waals surface area contributed by atoms with Crippen LogP contribution in [0.4, 0.5) is 8.78 Å². The molecule has 3 aromatic rings. The van der Waals surface area contributed by atoms with Crippen molar-refractivity contribution in [1.29, 1.82) is 0 Å². The molecule has 0 saturated heterocycles. The maximum absolute atomic E-state index is 13.1. The summed E-state index contributed by atoms with van der Waals surface area (Å²) in [4.78, 5) is 4.08. The van der Waals surface area contributed by atoms with Gasteiger partial charge in [-0.15, -0.1) is 6.42 Å². The lowest BCUT2D eigenvalue weighted by Crippen LogP contribution is -2.00. The molecule has 0 aliphatic carbocycles. The van der Waals surface area contributed by atoms with E-state index in [9.17, 15) is 8.78 Å². The Labute approximate surface area is 130 Å². The van der Waals surface area contributed by atoms with Crippen LogP contribution in [0.25, 0.3) is 16.9 Å². The predicted octanol–water partition coefficient (Wildman–Crippen LogP) is 4.28. The van der Waals surface area contributed by atoms with Gasteiger partial charge in [0.1, 0.15) is 11.4 Å². The molecule has 3 rings (SSSR count). The van der Waals surface area contributed by atoms with Gasteiger partial charge in [0.05, 0.1) is 5.56 Å². The van der Waals surface area contributed by atoms with Crippen molar-refractivity contribution in [3.05, 3.63) is 52.3 Å². The quantitative estimate of drug-likeness (QED) is 0.660. The number of aromatic nitrogens is 3. The molecule has 0 saturated carbocycles. The van der Waals surface area contributed by atoms with Gasteiger partial charge in [-0.1, -0.05) is 23.6 Å². The lowest BCUT2D eigenvalue weighted by Gasteiger charge is -2.02. The summed E-state index contributed by atoms with van der Waals surface area (Å²) in [5.41, 5.74) is 2.36. The molecule has 0 atom stereocenters. The molecule has 6 heteroatoms. The SMILES string of the molecule is C#Cc1c(-c2ccc(Cl)c(C)c2)nn2c(C(F)F)ccnc12. The maximum atomic E-state index is 13.1. The molecular weight excluding hydrogens is 308 g/mol. The van der Waals surface area contributed by atoms with E-state index in [-0.39, 0.29) is 11.3 Å².